The summed E-state index contributed by atoms with van der Waals surface area (Å²) in [5, 5.41) is 7.55. The molecule has 0 aliphatic rings. The van der Waals surface area contributed by atoms with E-state index in [-0.39, 0.29) is 24.2 Å². The average Bonchev–Trinajstić information content (AvgIpc) is 2.91. The summed E-state index contributed by atoms with van der Waals surface area (Å²) < 4.78 is 0. The Hall–Kier alpha value is -2.08. The molecule has 2 aromatic heterocycles. The summed E-state index contributed by atoms with van der Waals surface area (Å²) in [7, 11) is 0. The molecular formula is C15H19N3O2S. The Bertz CT molecular complexity index is 677. The smallest absolute Gasteiger partial charge is 0.315 e. The number of amides is 2. The number of aromatic amines is 1. The molecule has 21 heavy (non-hydrogen) atoms. The first-order valence-electron chi connectivity index (χ1n) is 6.74. The van der Waals surface area contributed by atoms with E-state index in [1.807, 2.05) is 44.4 Å². The van der Waals surface area contributed by atoms with Gasteiger partial charge in [-0.05, 0) is 43.8 Å². The second-order valence-electron chi connectivity index (χ2n) is 5.01. The Labute approximate surface area is 127 Å². The van der Waals surface area contributed by atoms with Gasteiger partial charge in [-0.25, -0.2) is 4.79 Å². The molecule has 2 heterocycles. The number of urea groups is 1. The highest BCUT2D eigenvalue weighted by Crippen LogP contribution is 2.17. The van der Waals surface area contributed by atoms with E-state index < -0.39 is 0 Å². The molecule has 1 atom stereocenters. The first-order valence-corrected chi connectivity index (χ1v) is 7.62. The SMILES string of the molecule is Cc1cc(C)c(CNC(=O)NC(C)c2cccs2)c(=O)[nH]1. The van der Waals surface area contributed by atoms with Crippen molar-refractivity contribution in [3.63, 3.8) is 0 Å². The summed E-state index contributed by atoms with van der Waals surface area (Å²) in [4.78, 5) is 27.6. The summed E-state index contributed by atoms with van der Waals surface area (Å²) >= 11 is 1.60. The van der Waals surface area contributed by atoms with Crippen LogP contribution >= 0.6 is 11.3 Å². The minimum atomic E-state index is -0.282. The molecule has 0 radical (unpaired) electrons. The van der Waals surface area contributed by atoms with Gasteiger partial charge in [-0.3, -0.25) is 4.79 Å². The number of rotatable bonds is 4. The van der Waals surface area contributed by atoms with Gasteiger partial charge in [0.05, 0.1) is 12.6 Å². The molecule has 0 bridgehead atoms. The molecule has 0 saturated carbocycles. The normalized spacial score (nSPS) is 12.0. The highest BCUT2D eigenvalue weighted by molar-refractivity contribution is 7.10. The van der Waals surface area contributed by atoms with Crippen LogP contribution in [0.4, 0.5) is 4.79 Å². The zero-order valence-corrected chi connectivity index (χ0v) is 13.1. The molecule has 3 N–H and O–H groups in total. The van der Waals surface area contributed by atoms with Crippen LogP contribution in [0.25, 0.3) is 0 Å². The van der Waals surface area contributed by atoms with E-state index >= 15 is 0 Å². The Morgan fingerprint density at radius 1 is 1.43 bits per heavy atom. The molecule has 0 aliphatic heterocycles. The van der Waals surface area contributed by atoms with Crippen molar-refractivity contribution in [1.29, 1.82) is 0 Å². The number of pyridine rings is 1. The zero-order chi connectivity index (χ0) is 15.4. The van der Waals surface area contributed by atoms with Crippen LogP contribution < -0.4 is 16.2 Å². The third-order valence-electron chi connectivity index (χ3n) is 3.24. The van der Waals surface area contributed by atoms with E-state index in [1.165, 1.54) is 0 Å². The number of nitrogens with one attached hydrogen (secondary N) is 3. The molecular weight excluding hydrogens is 286 g/mol. The lowest BCUT2D eigenvalue weighted by Gasteiger charge is -2.13. The molecule has 0 saturated heterocycles. The number of carbonyl (C=O) groups excluding carboxylic acids is 1. The summed E-state index contributed by atoms with van der Waals surface area (Å²) in [6.45, 7) is 5.84. The van der Waals surface area contributed by atoms with Crippen LogP contribution in [0.5, 0.6) is 0 Å². The summed E-state index contributed by atoms with van der Waals surface area (Å²) in [6.07, 6.45) is 0. The van der Waals surface area contributed by atoms with Crippen molar-refractivity contribution in [3.8, 4) is 0 Å². The van der Waals surface area contributed by atoms with Crippen LogP contribution in [-0.2, 0) is 6.54 Å². The van der Waals surface area contributed by atoms with Gasteiger partial charge < -0.3 is 15.6 Å². The second-order valence-corrected chi connectivity index (χ2v) is 5.99. The van der Waals surface area contributed by atoms with E-state index in [0.717, 1.165) is 16.1 Å². The van der Waals surface area contributed by atoms with Crippen molar-refractivity contribution in [2.45, 2.75) is 33.4 Å². The molecule has 0 aliphatic carbocycles. The number of hydrogen-bond acceptors (Lipinski definition) is 3. The maximum atomic E-state index is 11.9. The topological polar surface area (TPSA) is 74.0 Å². The van der Waals surface area contributed by atoms with Gasteiger partial charge in [-0.2, -0.15) is 0 Å². The predicted octanol–water partition coefficient (Wildman–Crippen LogP) is 2.61. The van der Waals surface area contributed by atoms with Gasteiger partial charge in [-0.15, -0.1) is 11.3 Å². The zero-order valence-electron chi connectivity index (χ0n) is 12.3. The third kappa shape index (κ3) is 3.95. The number of carbonyl (C=O) groups is 1. The quantitative estimate of drug-likeness (QED) is 0.812. The Morgan fingerprint density at radius 2 is 2.19 bits per heavy atom. The monoisotopic (exact) mass is 305 g/mol. The number of H-pyrrole nitrogens is 1. The first kappa shape index (κ1) is 15.3. The van der Waals surface area contributed by atoms with E-state index in [9.17, 15) is 9.59 Å². The molecule has 2 amide bonds. The number of thiophene rings is 1. The van der Waals surface area contributed by atoms with E-state index in [0.29, 0.717) is 5.56 Å². The second kappa shape index (κ2) is 6.58. The molecule has 6 heteroatoms. The van der Waals surface area contributed by atoms with E-state index in [4.69, 9.17) is 0 Å². The van der Waals surface area contributed by atoms with Gasteiger partial charge in [0, 0.05) is 16.1 Å². The van der Waals surface area contributed by atoms with Crippen LogP contribution in [0.2, 0.25) is 0 Å². The fraction of sp³-hybridized carbons (Fsp3) is 0.333. The van der Waals surface area contributed by atoms with E-state index in [1.54, 1.807) is 11.3 Å². The van der Waals surface area contributed by atoms with Gasteiger partial charge in [0.1, 0.15) is 0 Å². The van der Waals surface area contributed by atoms with Crippen molar-refractivity contribution in [1.82, 2.24) is 15.6 Å². The lowest BCUT2D eigenvalue weighted by molar-refractivity contribution is 0.237. The molecule has 0 aromatic carbocycles. The largest absolute Gasteiger partial charge is 0.334 e. The van der Waals surface area contributed by atoms with Gasteiger partial charge in [-0.1, -0.05) is 6.07 Å². The highest BCUT2D eigenvalue weighted by Gasteiger charge is 2.11. The fourth-order valence-corrected chi connectivity index (χ4v) is 2.86. The van der Waals surface area contributed by atoms with Crippen molar-refractivity contribution >= 4 is 17.4 Å². The molecule has 2 rings (SSSR count). The third-order valence-corrected chi connectivity index (χ3v) is 4.29. The van der Waals surface area contributed by atoms with Crippen LogP contribution in [0.1, 0.15) is 34.7 Å². The maximum Gasteiger partial charge on any atom is 0.315 e. The first-order chi connectivity index (χ1) is 9.97. The minimum Gasteiger partial charge on any atom is -0.334 e. The van der Waals surface area contributed by atoms with E-state index in [2.05, 4.69) is 15.6 Å². The standard InChI is InChI=1S/C15H19N3O2S/c1-9-7-10(2)17-14(19)12(9)8-16-15(20)18-11(3)13-5-4-6-21-13/h4-7,11H,8H2,1-3H3,(H,17,19)(H2,16,18,20). The van der Waals surface area contributed by atoms with Crippen LogP contribution in [0, 0.1) is 13.8 Å². The lowest BCUT2D eigenvalue weighted by atomic mass is 10.1. The van der Waals surface area contributed by atoms with Gasteiger partial charge in [0.15, 0.2) is 0 Å². The predicted molar refractivity (Wildman–Crippen MR) is 84.6 cm³/mol. The molecule has 0 spiro atoms. The molecule has 112 valence electrons. The minimum absolute atomic E-state index is 0.0533. The highest BCUT2D eigenvalue weighted by atomic mass is 32.1. The van der Waals surface area contributed by atoms with Crippen molar-refractivity contribution in [2.75, 3.05) is 0 Å². The molecule has 1 unspecified atom stereocenters. The number of hydrogen-bond donors (Lipinski definition) is 3. The number of aromatic nitrogens is 1. The van der Waals surface area contributed by atoms with Crippen molar-refractivity contribution in [3.05, 3.63) is 55.6 Å². The van der Waals surface area contributed by atoms with Gasteiger partial charge in [0.25, 0.3) is 5.56 Å². The van der Waals surface area contributed by atoms with Crippen LogP contribution in [0.15, 0.2) is 28.4 Å². The molecule has 2 aromatic rings. The van der Waals surface area contributed by atoms with Crippen LogP contribution in [0.3, 0.4) is 0 Å². The van der Waals surface area contributed by atoms with Gasteiger partial charge in [0.2, 0.25) is 0 Å². The van der Waals surface area contributed by atoms with Crippen molar-refractivity contribution in [2.24, 2.45) is 0 Å². The van der Waals surface area contributed by atoms with Crippen LogP contribution in [-0.4, -0.2) is 11.0 Å². The van der Waals surface area contributed by atoms with Gasteiger partial charge >= 0.3 is 6.03 Å². The average molecular weight is 305 g/mol. The fourth-order valence-electron chi connectivity index (χ4n) is 2.13. The molecule has 0 fully saturated rings. The Balaban J connectivity index is 1.94. The summed E-state index contributed by atoms with van der Waals surface area (Å²) in [5.41, 5.74) is 2.12. The number of aryl methyl sites for hydroxylation is 2. The Morgan fingerprint density at radius 3 is 2.81 bits per heavy atom. The molecule has 5 nitrogen and oxygen atoms in total. The Kier molecular flexibility index (Phi) is 4.80. The summed E-state index contributed by atoms with van der Waals surface area (Å²) in [6, 6.07) is 5.48. The lowest BCUT2D eigenvalue weighted by Crippen LogP contribution is -2.37. The van der Waals surface area contributed by atoms with Crippen molar-refractivity contribution < 1.29 is 4.79 Å². The summed E-state index contributed by atoms with van der Waals surface area (Å²) in [5.74, 6) is 0. The maximum absolute atomic E-state index is 11.9.